The summed E-state index contributed by atoms with van der Waals surface area (Å²) in [5, 5.41) is 0. The number of benzene rings is 1. The first kappa shape index (κ1) is 12.9. The van der Waals surface area contributed by atoms with E-state index in [-0.39, 0.29) is 5.69 Å². The van der Waals surface area contributed by atoms with Crippen molar-refractivity contribution in [2.75, 3.05) is 14.2 Å². The fraction of sp³-hybridized carbons (Fsp3) is 0.154. The fourth-order valence-corrected chi connectivity index (χ4v) is 1.64. The van der Waals surface area contributed by atoms with Gasteiger partial charge in [-0.2, -0.15) is 0 Å². The summed E-state index contributed by atoms with van der Waals surface area (Å²) in [5.74, 6) is -1.23. The van der Waals surface area contributed by atoms with E-state index in [1.807, 2.05) is 0 Å². The maximum Gasteiger partial charge on any atom is 0.359 e. The molecule has 0 bridgehead atoms. The standard InChI is InChI=1S/C13H11FN2O3/c1-18-9-6-4-3-5-8(9)11-10(14)12(13(17)19-2)16-7-15-11/h3-7H,1-2H3. The maximum atomic E-state index is 14.2. The number of para-hydroxylation sites is 1. The lowest BCUT2D eigenvalue weighted by molar-refractivity contribution is 0.0588. The van der Waals surface area contributed by atoms with Crippen LogP contribution in [0, 0.1) is 5.82 Å². The minimum absolute atomic E-state index is 0.00662. The number of ether oxygens (including phenoxy) is 2. The van der Waals surface area contributed by atoms with Crippen molar-refractivity contribution >= 4 is 5.97 Å². The Morgan fingerprint density at radius 1 is 1.21 bits per heavy atom. The maximum absolute atomic E-state index is 14.2. The van der Waals surface area contributed by atoms with Crippen molar-refractivity contribution in [1.29, 1.82) is 0 Å². The van der Waals surface area contributed by atoms with Gasteiger partial charge in [-0.15, -0.1) is 0 Å². The van der Waals surface area contributed by atoms with Crippen LogP contribution < -0.4 is 4.74 Å². The number of carbonyl (C=O) groups excluding carboxylic acids is 1. The minimum Gasteiger partial charge on any atom is -0.496 e. The third-order valence-corrected chi connectivity index (χ3v) is 2.53. The van der Waals surface area contributed by atoms with Crippen LogP contribution in [0.15, 0.2) is 30.6 Å². The lowest BCUT2D eigenvalue weighted by Crippen LogP contribution is -2.09. The van der Waals surface area contributed by atoms with Crippen LogP contribution in [0.5, 0.6) is 5.75 Å². The van der Waals surface area contributed by atoms with Gasteiger partial charge >= 0.3 is 5.97 Å². The first-order chi connectivity index (χ1) is 9.19. The summed E-state index contributed by atoms with van der Waals surface area (Å²) in [6.45, 7) is 0. The van der Waals surface area contributed by atoms with E-state index < -0.39 is 17.5 Å². The van der Waals surface area contributed by atoms with Crippen LogP contribution >= 0.6 is 0 Å². The SMILES string of the molecule is COC(=O)c1ncnc(-c2ccccc2OC)c1F. The zero-order valence-electron chi connectivity index (χ0n) is 10.4. The Balaban J connectivity index is 2.60. The molecule has 0 fully saturated rings. The second-order valence-electron chi connectivity index (χ2n) is 3.58. The zero-order chi connectivity index (χ0) is 13.8. The Morgan fingerprint density at radius 3 is 2.63 bits per heavy atom. The first-order valence-electron chi connectivity index (χ1n) is 5.41. The molecule has 0 aliphatic heterocycles. The Labute approximate surface area is 109 Å². The molecule has 0 aliphatic carbocycles. The third-order valence-electron chi connectivity index (χ3n) is 2.53. The third kappa shape index (κ3) is 2.37. The Morgan fingerprint density at radius 2 is 1.95 bits per heavy atom. The van der Waals surface area contributed by atoms with Gasteiger partial charge in [0.05, 0.1) is 14.2 Å². The van der Waals surface area contributed by atoms with Crippen LogP contribution in [-0.4, -0.2) is 30.2 Å². The Bertz CT molecular complexity index is 617. The number of aromatic nitrogens is 2. The summed E-state index contributed by atoms with van der Waals surface area (Å²) in [6.07, 6.45) is 1.11. The van der Waals surface area contributed by atoms with Crippen molar-refractivity contribution in [3.8, 4) is 17.0 Å². The van der Waals surface area contributed by atoms with Crippen LogP contribution in [0.25, 0.3) is 11.3 Å². The molecule has 2 rings (SSSR count). The number of nitrogens with zero attached hydrogens (tertiary/aromatic N) is 2. The molecule has 19 heavy (non-hydrogen) atoms. The summed E-state index contributed by atoms with van der Waals surface area (Å²) in [7, 11) is 2.63. The highest BCUT2D eigenvalue weighted by atomic mass is 19.1. The highest BCUT2D eigenvalue weighted by molar-refractivity contribution is 5.89. The van der Waals surface area contributed by atoms with Crippen molar-refractivity contribution in [2.45, 2.75) is 0 Å². The van der Waals surface area contributed by atoms with Gasteiger partial charge in [-0.05, 0) is 12.1 Å². The van der Waals surface area contributed by atoms with Gasteiger partial charge in [-0.3, -0.25) is 0 Å². The van der Waals surface area contributed by atoms with Crippen molar-refractivity contribution in [3.63, 3.8) is 0 Å². The molecule has 0 saturated carbocycles. The highest BCUT2D eigenvalue weighted by Crippen LogP contribution is 2.30. The number of rotatable bonds is 3. The molecular formula is C13H11FN2O3. The summed E-state index contributed by atoms with van der Waals surface area (Å²) >= 11 is 0. The van der Waals surface area contributed by atoms with E-state index in [1.165, 1.54) is 7.11 Å². The van der Waals surface area contributed by atoms with E-state index in [1.54, 1.807) is 24.3 Å². The highest BCUT2D eigenvalue weighted by Gasteiger charge is 2.20. The molecule has 0 spiro atoms. The van der Waals surface area contributed by atoms with Gasteiger partial charge in [0.25, 0.3) is 0 Å². The van der Waals surface area contributed by atoms with Gasteiger partial charge in [0.15, 0.2) is 11.5 Å². The van der Waals surface area contributed by atoms with Crippen molar-refractivity contribution in [2.24, 2.45) is 0 Å². The molecule has 0 N–H and O–H groups in total. The largest absolute Gasteiger partial charge is 0.496 e. The molecule has 1 heterocycles. The predicted molar refractivity (Wildman–Crippen MR) is 65.3 cm³/mol. The van der Waals surface area contributed by atoms with Gasteiger partial charge in [-0.1, -0.05) is 12.1 Å². The second-order valence-corrected chi connectivity index (χ2v) is 3.58. The lowest BCUT2D eigenvalue weighted by atomic mass is 10.1. The molecule has 0 amide bonds. The van der Waals surface area contributed by atoms with Gasteiger partial charge < -0.3 is 9.47 Å². The summed E-state index contributed by atoms with van der Waals surface area (Å²) in [6, 6.07) is 6.79. The number of hydrogen-bond donors (Lipinski definition) is 0. The fourth-order valence-electron chi connectivity index (χ4n) is 1.64. The lowest BCUT2D eigenvalue weighted by Gasteiger charge is -2.09. The van der Waals surface area contributed by atoms with E-state index in [0.717, 1.165) is 13.4 Å². The molecule has 0 unspecified atom stereocenters. The molecule has 0 radical (unpaired) electrons. The molecule has 1 aromatic carbocycles. The summed E-state index contributed by atoms with van der Waals surface area (Å²) in [5.41, 5.74) is 0.0290. The van der Waals surface area contributed by atoms with Gasteiger partial charge in [-0.25, -0.2) is 19.2 Å². The predicted octanol–water partition coefficient (Wildman–Crippen LogP) is 2.08. The van der Waals surface area contributed by atoms with Crippen LogP contribution in [0.4, 0.5) is 4.39 Å². The van der Waals surface area contributed by atoms with E-state index in [9.17, 15) is 9.18 Å². The van der Waals surface area contributed by atoms with Gasteiger partial charge in [0.2, 0.25) is 0 Å². The van der Waals surface area contributed by atoms with E-state index >= 15 is 0 Å². The normalized spacial score (nSPS) is 10.1. The second kappa shape index (κ2) is 5.43. The smallest absolute Gasteiger partial charge is 0.359 e. The monoisotopic (exact) mass is 262 g/mol. The summed E-state index contributed by atoms with van der Waals surface area (Å²) < 4.78 is 23.8. The number of halogens is 1. The molecule has 1 aromatic heterocycles. The molecule has 0 atom stereocenters. The van der Waals surface area contributed by atoms with Crippen LogP contribution in [0.2, 0.25) is 0 Å². The number of esters is 1. The molecule has 0 aliphatic rings. The molecule has 6 heteroatoms. The minimum atomic E-state index is -0.851. The van der Waals surface area contributed by atoms with Crippen LogP contribution in [0.3, 0.4) is 0 Å². The first-order valence-corrected chi connectivity index (χ1v) is 5.41. The van der Waals surface area contributed by atoms with Crippen molar-refractivity contribution < 1.29 is 18.7 Å². The van der Waals surface area contributed by atoms with Crippen molar-refractivity contribution in [3.05, 3.63) is 42.1 Å². The Kier molecular flexibility index (Phi) is 3.70. The summed E-state index contributed by atoms with van der Waals surface area (Å²) in [4.78, 5) is 18.8. The van der Waals surface area contributed by atoms with Gasteiger partial charge in [0.1, 0.15) is 17.8 Å². The molecule has 2 aromatic rings. The van der Waals surface area contributed by atoms with E-state index in [2.05, 4.69) is 14.7 Å². The average molecular weight is 262 g/mol. The molecule has 5 nitrogen and oxygen atoms in total. The van der Waals surface area contributed by atoms with Crippen LogP contribution in [-0.2, 0) is 4.74 Å². The number of hydrogen-bond acceptors (Lipinski definition) is 5. The molecular weight excluding hydrogens is 251 g/mol. The van der Waals surface area contributed by atoms with Gasteiger partial charge in [0, 0.05) is 5.56 Å². The van der Waals surface area contributed by atoms with Crippen molar-refractivity contribution in [1.82, 2.24) is 9.97 Å². The molecule has 0 saturated heterocycles. The quantitative estimate of drug-likeness (QED) is 0.792. The van der Waals surface area contributed by atoms with Crippen LogP contribution in [0.1, 0.15) is 10.5 Å². The van der Waals surface area contributed by atoms with E-state index in [4.69, 9.17) is 4.74 Å². The average Bonchev–Trinajstić information content (AvgIpc) is 2.46. The van der Waals surface area contributed by atoms with E-state index in [0.29, 0.717) is 11.3 Å². The number of carbonyl (C=O) groups is 1. The zero-order valence-corrected chi connectivity index (χ0v) is 10.4. The number of methoxy groups -OCH3 is 2. The topological polar surface area (TPSA) is 61.3 Å². The molecule has 98 valence electrons. The Hall–Kier alpha value is -2.50.